The largest absolute Gasteiger partial charge is 0.360 e. The maximum atomic E-state index is 10.2. The van der Waals surface area contributed by atoms with Gasteiger partial charge in [0, 0.05) is 56.9 Å². The van der Waals surface area contributed by atoms with Gasteiger partial charge in [0.25, 0.3) is 0 Å². The second-order valence-electron chi connectivity index (χ2n) is 14.7. The van der Waals surface area contributed by atoms with E-state index in [1.54, 1.807) is 0 Å². The molecule has 0 saturated heterocycles. The Morgan fingerprint density at radius 1 is 0.898 bits per heavy atom. The van der Waals surface area contributed by atoms with Crippen LogP contribution in [0.4, 0.5) is 0 Å². The number of hydrogen-bond donors (Lipinski definition) is 0. The fourth-order valence-electron chi connectivity index (χ4n) is 9.87. The number of aromatic nitrogens is 1. The molecule has 2 aromatic carbocycles. The van der Waals surface area contributed by atoms with E-state index in [1.165, 1.54) is 38.6 Å². The zero-order valence-electron chi connectivity index (χ0n) is 27.3. The molecule has 6 aliphatic carbocycles. The molecule has 0 bridgehead atoms. The van der Waals surface area contributed by atoms with Crippen LogP contribution in [0.3, 0.4) is 0 Å². The van der Waals surface area contributed by atoms with E-state index in [1.807, 2.05) is 12.2 Å². The third-order valence-corrected chi connectivity index (χ3v) is 12.3. The first kappa shape index (κ1) is 28.5. The maximum absolute atomic E-state index is 10.2. The van der Waals surface area contributed by atoms with E-state index in [4.69, 9.17) is 0 Å². The van der Waals surface area contributed by atoms with E-state index >= 15 is 0 Å². The molecule has 1 aromatic heterocycles. The summed E-state index contributed by atoms with van der Waals surface area (Å²) in [5.74, 6) is 7.78. The summed E-state index contributed by atoms with van der Waals surface area (Å²) < 4.78 is 2.49. The lowest BCUT2D eigenvalue weighted by molar-refractivity contribution is 0.158. The summed E-state index contributed by atoms with van der Waals surface area (Å²) in [4.78, 5) is 2.67. The highest BCUT2D eigenvalue weighted by Crippen LogP contribution is 2.65. The van der Waals surface area contributed by atoms with E-state index in [-0.39, 0.29) is 35.3 Å². The Morgan fingerprint density at radius 2 is 1.69 bits per heavy atom. The number of fused-ring (bicyclic) bond motifs is 7. The van der Waals surface area contributed by atoms with Crippen molar-refractivity contribution in [2.75, 3.05) is 0 Å². The van der Waals surface area contributed by atoms with Crippen molar-refractivity contribution in [3.63, 3.8) is 0 Å². The van der Waals surface area contributed by atoms with Gasteiger partial charge in [0.15, 0.2) is 0 Å². The minimum atomic E-state index is -0.329. The molecule has 49 heavy (non-hydrogen) atoms. The first-order chi connectivity index (χ1) is 24.2. The molecule has 1 aliphatic heterocycles. The van der Waals surface area contributed by atoms with Gasteiger partial charge in [0.05, 0.1) is 41.5 Å². The van der Waals surface area contributed by atoms with Crippen LogP contribution in [-0.4, -0.2) is 21.6 Å². The Morgan fingerprint density at radius 3 is 2.45 bits per heavy atom. The smallest absolute Gasteiger partial charge is 0.0830 e. The first-order valence-electron chi connectivity index (χ1n) is 17.8. The Bertz CT molecular complexity index is 2290. The van der Waals surface area contributed by atoms with Gasteiger partial charge in [-0.2, -0.15) is 10.5 Å². The van der Waals surface area contributed by atoms with E-state index in [0.717, 1.165) is 31.3 Å². The maximum Gasteiger partial charge on any atom is 0.0830 e. The highest BCUT2D eigenvalue weighted by Gasteiger charge is 2.62. The highest BCUT2D eigenvalue weighted by atomic mass is 15.2. The van der Waals surface area contributed by atoms with Crippen LogP contribution in [0.15, 0.2) is 144 Å². The Kier molecular flexibility index (Phi) is 6.26. The van der Waals surface area contributed by atoms with Crippen molar-refractivity contribution in [2.24, 2.45) is 35.0 Å². The van der Waals surface area contributed by atoms with Crippen molar-refractivity contribution < 1.29 is 0 Å². The van der Waals surface area contributed by atoms with E-state index in [2.05, 4.69) is 143 Å². The summed E-state index contributed by atoms with van der Waals surface area (Å²) in [6, 6.07) is 23.2. The minimum Gasteiger partial charge on any atom is -0.360 e. The van der Waals surface area contributed by atoms with Crippen LogP contribution in [0.1, 0.15) is 31.7 Å². The minimum absolute atomic E-state index is 0.00906. The molecule has 9 atom stereocenters. The van der Waals surface area contributed by atoms with Crippen molar-refractivity contribution in [2.45, 2.75) is 43.8 Å². The number of benzene rings is 2. The number of para-hydroxylation sites is 2. The Balaban J connectivity index is 1.04. The predicted molar refractivity (Wildman–Crippen MR) is 194 cm³/mol. The molecule has 8 unspecified atom stereocenters. The molecule has 4 heteroatoms. The van der Waals surface area contributed by atoms with Crippen molar-refractivity contribution in [3.8, 4) is 24.0 Å². The normalized spacial score (nSPS) is 34.8. The molecular weight excluding hydrogens is 597 g/mol. The molecule has 1 saturated carbocycles. The summed E-state index contributed by atoms with van der Waals surface area (Å²) in [6.07, 6.45) is 30.9. The molecule has 0 spiro atoms. The molecule has 10 rings (SSSR count). The van der Waals surface area contributed by atoms with E-state index < -0.39 is 0 Å². The zero-order chi connectivity index (χ0) is 32.7. The van der Waals surface area contributed by atoms with Crippen molar-refractivity contribution >= 4 is 21.8 Å². The van der Waals surface area contributed by atoms with Gasteiger partial charge in [-0.05, 0) is 61.1 Å². The molecule has 3 aromatic rings. The lowest BCUT2D eigenvalue weighted by Gasteiger charge is -2.43. The number of allylic oxidation sites excluding steroid dienone is 12. The number of hydrogen-bond acceptors (Lipinski definition) is 3. The van der Waals surface area contributed by atoms with Gasteiger partial charge in [-0.1, -0.05) is 109 Å². The second-order valence-corrected chi connectivity index (χ2v) is 14.7. The molecule has 236 valence electrons. The van der Waals surface area contributed by atoms with Crippen LogP contribution in [0.2, 0.25) is 0 Å². The molecule has 4 nitrogen and oxygen atoms in total. The Labute approximate surface area is 287 Å². The van der Waals surface area contributed by atoms with Gasteiger partial charge in [-0.25, -0.2) is 0 Å². The van der Waals surface area contributed by atoms with Crippen LogP contribution in [0.25, 0.3) is 21.8 Å². The average molecular weight is 633 g/mol. The lowest BCUT2D eigenvalue weighted by atomic mass is 9.73. The molecule has 0 radical (unpaired) electrons. The molecule has 0 N–H and O–H groups in total. The van der Waals surface area contributed by atoms with Crippen LogP contribution in [0.5, 0.6) is 0 Å². The molecule has 7 aliphatic rings. The molecule has 1 fully saturated rings. The third-order valence-electron chi connectivity index (χ3n) is 12.3. The van der Waals surface area contributed by atoms with Crippen molar-refractivity contribution in [3.05, 3.63) is 144 Å². The fourth-order valence-corrected chi connectivity index (χ4v) is 9.87. The van der Waals surface area contributed by atoms with Gasteiger partial charge in [0.1, 0.15) is 0 Å². The second kappa shape index (κ2) is 10.8. The summed E-state index contributed by atoms with van der Waals surface area (Å²) in [5, 5.41) is 22.9. The number of nitrogens with zero attached hydrogens (tertiary/aromatic N) is 4. The topological polar surface area (TPSA) is 55.8 Å². The summed E-state index contributed by atoms with van der Waals surface area (Å²) in [5.41, 5.74) is 7.22. The quantitative estimate of drug-likeness (QED) is 0.213. The van der Waals surface area contributed by atoms with E-state index in [0.29, 0.717) is 17.9 Å². The SMILES string of the molecule is N#C[C@H]1C=CC=CC1C1C#CC(C2=CCC(n3c4ccccc4c4ccccc43)C=C2)=CC1N1C2=C(C3C=CCCC31)C1CC1(C#N)C=C2. The number of rotatable bonds is 4. The zero-order valence-corrected chi connectivity index (χ0v) is 27.3. The van der Waals surface area contributed by atoms with Crippen molar-refractivity contribution in [1.82, 2.24) is 9.47 Å². The van der Waals surface area contributed by atoms with Crippen LogP contribution < -0.4 is 0 Å². The number of nitriles is 2. The van der Waals surface area contributed by atoms with Gasteiger partial charge in [-0.3, -0.25) is 0 Å². The van der Waals surface area contributed by atoms with E-state index in [9.17, 15) is 10.5 Å². The average Bonchev–Trinajstić information content (AvgIpc) is 3.69. The predicted octanol–water partition coefficient (Wildman–Crippen LogP) is 9.04. The third kappa shape index (κ3) is 4.16. The highest BCUT2D eigenvalue weighted by molar-refractivity contribution is 6.08. The van der Waals surface area contributed by atoms with Gasteiger partial charge < -0.3 is 9.47 Å². The van der Waals surface area contributed by atoms with Crippen LogP contribution in [-0.2, 0) is 0 Å². The fraction of sp³-hybridized carbons (Fsp3) is 0.289. The summed E-state index contributed by atoms with van der Waals surface area (Å²) in [6.45, 7) is 0. The molecular formula is C45H36N4. The monoisotopic (exact) mass is 632 g/mol. The van der Waals surface area contributed by atoms with Crippen LogP contribution >= 0.6 is 0 Å². The van der Waals surface area contributed by atoms with Crippen molar-refractivity contribution in [1.29, 1.82) is 10.5 Å². The molecule has 2 heterocycles. The van der Waals surface area contributed by atoms with Crippen LogP contribution in [0, 0.1) is 69.5 Å². The standard InChI is InChI=1S/C45H36N4/c46-27-31-9-1-2-10-33(31)36-22-19-30(25-43(36)49-41-16-8-5-13-37(41)44-38-26-45(38,28-47)24-23-42(44)49)29-17-20-32(21-18-29)48-39-14-6-3-11-34(39)35-12-4-7-15-40(35)48/h1-7,9-15,17-18,20,23-25,31-33,36-38,41,43H,8,16,21,26H2/t31-,32?,33?,36?,37?,38?,41?,43?,45?/m1/s1. The lowest BCUT2D eigenvalue weighted by Crippen LogP contribution is -2.47. The Hall–Kier alpha value is -5.50. The van der Waals surface area contributed by atoms with Gasteiger partial charge in [-0.15, -0.1) is 0 Å². The summed E-state index contributed by atoms with van der Waals surface area (Å²) in [7, 11) is 0. The first-order valence-corrected chi connectivity index (χ1v) is 17.8. The van der Waals surface area contributed by atoms with Gasteiger partial charge >= 0.3 is 0 Å². The van der Waals surface area contributed by atoms with Gasteiger partial charge in [0.2, 0.25) is 0 Å². The summed E-state index contributed by atoms with van der Waals surface area (Å²) >= 11 is 0. The molecule has 0 amide bonds.